The van der Waals surface area contributed by atoms with Gasteiger partial charge in [0.1, 0.15) is 12.3 Å². The third-order valence-corrected chi connectivity index (χ3v) is 6.00. The molecule has 1 aliphatic carbocycles. The van der Waals surface area contributed by atoms with Gasteiger partial charge in [-0.2, -0.15) is 0 Å². The van der Waals surface area contributed by atoms with Gasteiger partial charge >= 0.3 is 5.97 Å². The van der Waals surface area contributed by atoms with Crippen molar-refractivity contribution >= 4 is 5.97 Å². The summed E-state index contributed by atoms with van der Waals surface area (Å²) in [6.07, 6.45) is 3.49. The van der Waals surface area contributed by atoms with Gasteiger partial charge in [-0.3, -0.25) is 4.79 Å². The minimum atomic E-state index is -0.696. The van der Waals surface area contributed by atoms with Crippen LogP contribution in [0.2, 0.25) is 0 Å². The Balaban J connectivity index is 1.48. The second kappa shape index (κ2) is 8.31. The maximum absolute atomic E-state index is 10.8. The molecule has 150 valence electrons. The number of carbonyl (C=O) groups is 1. The number of rotatable bonds is 6. The molecular formula is C25H28NO3+. The van der Waals surface area contributed by atoms with Crippen molar-refractivity contribution in [2.75, 3.05) is 19.7 Å². The Morgan fingerprint density at radius 3 is 2.55 bits per heavy atom. The van der Waals surface area contributed by atoms with E-state index < -0.39 is 5.97 Å². The predicted molar refractivity (Wildman–Crippen MR) is 112 cm³/mol. The Labute approximate surface area is 172 Å². The van der Waals surface area contributed by atoms with Crippen molar-refractivity contribution in [2.24, 2.45) is 0 Å². The van der Waals surface area contributed by atoms with Crippen molar-refractivity contribution < 1.29 is 19.5 Å². The first-order chi connectivity index (χ1) is 14.1. The average Bonchev–Trinajstić information content (AvgIpc) is 3.47. The third kappa shape index (κ3) is 4.63. The summed E-state index contributed by atoms with van der Waals surface area (Å²) >= 11 is 0. The molecular weight excluding hydrogens is 362 g/mol. The fraction of sp³-hybridized carbons (Fsp3) is 0.400. The topological polar surface area (TPSA) is 51.0 Å². The molecule has 29 heavy (non-hydrogen) atoms. The summed E-state index contributed by atoms with van der Waals surface area (Å²) < 4.78 is 5.48. The van der Waals surface area contributed by atoms with Crippen LogP contribution in [0.25, 0.3) is 0 Å². The molecule has 4 nitrogen and oxygen atoms in total. The van der Waals surface area contributed by atoms with Crippen LogP contribution >= 0.6 is 0 Å². The number of ether oxygens (including phenoxy) is 1. The van der Waals surface area contributed by atoms with Crippen molar-refractivity contribution in [3.8, 4) is 17.6 Å². The number of quaternary nitrogens is 1. The van der Waals surface area contributed by atoms with E-state index in [2.05, 4.69) is 30.0 Å². The van der Waals surface area contributed by atoms with Crippen LogP contribution in [0.1, 0.15) is 54.9 Å². The van der Waals surface area contributed by atoms with Crippen LogP contribution in [0.4, 0.5) is 0 Å². The van der Waals surface area contributed by atoms with Crippen molar-refractivity contribution in [2.45, 2.75) is 44.6 Å². The molecule has 1 heterocycles. The monoisotopic (exact) mass is 390 g/mol. The fourth-order valence-electron chi connectivity index (χ4n) is 4.42. The molecule has 4 heteroatoms. The van der Waals surface area contributed by atoms with Crippen LogP contribution in [0, 0.1) is 11.8 Å². The minimum absolute atomic E-state index is 0.267. The zero-order chi connectivity index (χ0) is 20.3. The molecule has 0 amide bonds. The van der Waals surface area contributed by atoms with Gasteiger partial charge in [0.2, 0.25) is 0 Å². The maximum Gasteiger partial charge on any atom is 0.303 e. The lowest BCUT2D eigenvalue weighted by molar-refractivity contribution is -0.919. The summed E-state index contributed by atoms with van der Waals surface area (Å²) in [6.45, 7) is 5.69. The molecule has 1 spiro atoms. The van der Waals surface area contributed by atoms with Crippen molar-refractivity contribution in [3.63, 3.8) is 0 Å². The smallest absolute Gasteiger partial charge is 0.303 e. The predicted octanol–water partition coefficient (Wildman–Crippen LogP) is 2.78. The second-order valence-corrected chi connectivity index (χ2v) is 8.21. The third-order valence-electron chi connectivity index (χ3n) is 6.00. The van der Waals surface area contributed by atoms with Crippen LogP contribution in [0.15, 0.2) is 42.5 Å². The standard InChI is InChI=1S/C25H27NO3/c1-2-29-22-11-8-19(9-12-22)5-6-20-7-10-21-17-26(15-3-4-24(27)28)18-25(13-14-25)23(21)16-20/h7-12,16H,2-4,13-15,17-18H2,1H3,(H,27,28)/p+1. The number of fused-ring (bicyclic) bond motifs is 2. The van der Waals surface area contributed by atoms with E-state index in [1.165, 1.54) is 28.9 Å². The fourth-order valence-corrected chi connectivity index (χ4v) is 4.42. The largest absolute Gasteiger partial charge is 0.494 e. The van der Waals surface area contributed by atoms with Crippen LogP contribution in [-0.4, -0.2) is 30.8 Å². The molecule has 1 fully saturated rings. The van der Waals surface area contributed by atoms with E-state index in [1.54, 1.807) is 0 Å². The van der Waals surface area contributed by atoms with Crippen LogP contribution in [0.5, 0.6) is 5.75 Å². The van der Waals surface area contributed by atoms with Gasteiger partial charge in [-0.25, -0.2) is 0 Å². The molecule has 1 unspecified atom stereocenters. The lowest BCUT2D eigenvalue weighted by Gasteiger charge is -2.32. The summed E-state index contributed by atoms with van der Waals surface area (Å²) in [4.78, 5) is 12.3. The molecule has 0 aromatic heterocycles. The molecule has 1 saturated carbocycles. The van der Waals surface area contributed by atoms with Gasteiger partial charge in [-0.05, 0) is 61.7 Å². The number of hydrogen-bond acceptors (Lipinski definition) is 2. The highest BCUT2D eigenvalue weighted by Crippen LogP contribution is 2.49. The summed E-state index contributed by atoms with van der Waals surface area (Å²) in [7, 11) is 0. The van der Waals surface area contributed by atoms with Gasteiger partial charge in [-0.1, -0.05) is 17.9 Å². The SMILES string of the molecule is CCOc1ccc(C#Cc2ccc3c(c2)C2(CC2)C[NH+](CCCC(=O)O)C3)cc1. The molecule has 2 aliphatic rings. The first kappa shape index (κ1) is 19.5. The maximum atomic E-state index is 10.8. The van der Waals surface area contributed by atoms with Crippen molar-refractivity contribution in [1.29, 1.82) is 0 Å². The first-order valence-electron chi connectivity index (χ1n) is 10.5. The summed E-state index contributed by atoms with van der Waals surface area (Å²) in [5.74, 6) is 6.77. The Hall–Kier alpha value is -2.77. The molecule has 0 bridgehead atoms. The second-order valence-electron chi connectivity index (χ2n) is 8.21. The number of carboxylic acids is 1. The first-order valence-corrected chi connectivity index (χ1v) is 10.5. The average molecular weight is 391 g/mol. The molecule has 1 aliphatic heterocycles. The van der Waals surface area contributed by atoms with E-state index >= 15 is 0 Å². The van der Waals surface area contributed by atoms with Gasteiger partial charge in [0.05, 0.1) is 26.1 Å². The summed E-state index contributed by atoms with van der Waals surface area (Å²) in [5, 5.41) is 8.89. The van der Waals surface area contributed by atoms with E-state index in [9.17, 15) is 4.79 Å². The Morgan fingerprint density at radius 2 is 1.86 bits per heavy atom. The number of nitrogens with one attached hydrogen (secondary N) is 1. The van der Waals surface area contributed by atoms with Gasteiger partial charge in [0.25, 0.3) is 0 Å². The van der Waals surface area contributed by atoms with Crippen LogP contribution < -0.4 is 9.64 Å². The molecule has 2 aromatic carbocycles. The molecule has 2 aromatic rings. The summed E-state index contributed by atoms with van der Waals surface area (Å²) in [6, 6.07) is 14.6. The molecule has 4 rings (SSSR count). The number of carboxylic acid groups (broad SMARTS) is 1. The number of benzene rings is 2. The van der Waals surface area contributed by atoms with E-state index in [1.807, 2.05) is 31.2 Å². The number of hydrogen-bond donors (Lipinski definition) is 2. The van der Waals surface area contributed by atoms with Gasteiger partial charge < -0.3 is 14.7 Å². The van der Waals surface area contributed by atoms with Crippen LogP contribution in [-0.2, 0) is 16.8 Å². The Kier molecular flexibility index (Phi) is 5.60. The Morgan fingerprint density at radius 1 is 1.14 bits per heavy atom. The molecule has 0 radical (unpaired) electrons. The number of aliphatic carboxylic acids is 1. The van der Waals surface area contributed by atoms with Gasteiger partial charge in [0.15, 0.2) is 0 Å². The van der Waals surface area contributed by atoms with E-state index in [0.717, 1.165) is 42.9 Å². The van der Waals surface area contributed by atoms with Gasteiger partial charge in [0, 0.05) is 28.5 Å². The highest BCUT2D eigenvalue weighted by Gasteiger charge is 2.51. The normalized spacial score (nSPS) is 18.4. The molecule has 1 atom stereocenters. The van der Waals surface area contributed by atoms with Crippen molar-refractivity contribution in [3.05, 3.63) is 64.7 Å². The van der Waals surface area contributed by atoms with E-state index in [4.69, 9.17) is 9.84 Å². The van der Waals surface area contributed by atoms with Crippen molar-refractivity contribution in [1.82, 2.24) is 0 Å². The zero-order valence-electron chi connectivity index (χ0n) is 17.0. The Bertz CT molecular complexity index is 948. The zero-order valence-corrected chi connectivity index (χ0v) is 17.0. The van der Waals surface area contributed by atoms with E-state index in [0.29, 0.717) is 12.0 Å². The summed E-state index contributed by atoms with van der Waals surface area (Å²) in [5.41, 5.74) is 5.23. The van der Waals surface area contributed by atoms with Gasteiger partial charge in [-0.15, -0.1) is 0 Å². The van der Waals surface area contributed by atoms with E-state index in [-0.39, 0.29) is 6.42 Å². The lowest BCUT2D eigenvalue weighted by atomic mass is 9.85. The quantitative estimate of drug-likeness (QED) is 0.746. The highest BCUT2D eigenvalue weighted by atomic mass is 16.5. The van der Waals surface area contributed by atoms with Crippen LogP contribution in [0.3, 0.4) is 0 Å². The highest BCUT2D eigenvalue weighted by molar-refractivity contribution is 5.66. The lowest BCUT2D eigenvalue weighted by Crippen LogP contribution is -3.12. The molecule has 2 N–H and O–H groups in total. The minimum Gasteiger partial charge on any atom is -0.494 e. The molecule has 0 saturated heterocycles.